The van der Waals surface area contributed by atoms with Crippen molar-refractivity contribution in [2.45, 2.75) is 6.92 Å². The molecule has 0 amide bonds. The molecule has 1 heterocycles. The van der Waals surface area contributed by atoms with Crippen molar-refractivity contribution in [3.8, 4) is 33.6 Å². The van der Waals surface area contributed by atoms with Gasteiger partial charge in [-0.15, -0.1) is 0 Å². The maximum Gasteiger partial charge on any atom is 0.0712 e. The van der Waals surface area contributed by atoms with Crippen molar-refractivity contribution in [3.63, 3.8) is 0 Å². The van der Waals surface area contributed by atoms with E-state index in [0.717, 1.165) is 22.5 Å². The van der Waals surface area contributed by atoms with Gasteiger partial charge in [0.15, 0.2) is 0 Å². The Morgan fingerprint density at radius 3 is 1.44 bits per heavy atom. The van der Waals surface area contributed by atoms with E-state index in [1.807, 2.05) is 24.3 Å². The molecule has 4 aromatic rings. The number of benzene rings is 3. The predicted octanol–water partition coefficient (Wildman–Crippen LogP) is 6.39. The molecule has 1 nitrogen and oxygen atoms in total. The fourth-order valence-corrected chi connectivity index (χ4v) is 3.04. The molecular weight excluding hydrogens is 302 g/mol. The zero-order chi connectivity index (χ0) is 17.1. The van der Waals surface area contributed by atoms with Gasteiger partial charge in [-0.1, -0.05) is 84.9 Å². The molecule has 1 heteroatoms. The largest absolute Gasteiger partial charge is 0.248 e. The second-order valence-corrected chi connectivity index (χ2v) is 6.22. The summed E-state index contributed by atoms with van der Waals surface area (Å²) >= 11 is 0. The number of aryl methyl sites for hydroxylation is 1. The minimum Gasteiger partial charge on any atom is -0.248 e. The molecular formula is C24H19N. The lowest BCUT2D eigenvalue weighted by Crippen LogP contribution is -1.90. The van der Waals surface area contributed by atoms with Crippen LogP contribution in [0.15, 0.2) is 97.1 Å². The molecule has 0 saturated carbocycles. The lowest BCUT2D eigenvalue weighted by atomic mass is 10.0. The molecule has 0 unspecified atom stereocenters. The average molecular weight is 321 g/mol. The molecule has 0 N–H and O–H groups in total. The Hall–Kier alpha value is -3.19. The van der Waals surface area contributed by atoms with Gasteiger partial charge >= 0.3 is 0 Å². The summed E-state index contributed by atoms with van der Waals surface area (Å²) in [5, 5.41) is 0. The van der Waals surface area contributed by atoms with Crippen molar-refractivity contribution < 1.29 is 0 Å². The molecule has 0 aliphatic carbocycles. The van der Waals surface area contributed by atoms with Gasteiger partial charge < -0.3 is 0 Å². The quantitative estimate of drug-likeness (QED) is 0.426. The lowest BCUT2D eigenvalue weighted by Gasteiger charge is -2.08. The molecule has 0 aliphatic heterocycles. The van der Waals surface area contributed by atoms with Gasteiger partial charge in [0.2, 0.25) is 0 Å². The van der Waals surface area contributed by atoms with E-state index in [4.69, 9.17) is 4.98 Å². The van der Waals surface area contributed by atoms with Gasteiger partial charge in [0.25, 0.3) is 0 Å². The molecule has 0 atom stereocenters. The van der Waals surface area contributed by atoms with Gasteiger partial charge in [0.1, 0.15) is 0 Å². The molecule has 25 heavy (non-hydrogen) atoms. The summed E-state index contributed by atoms with van der Waals surface area (Å²) in [6.45, 7) is 2.12. The minimum atomic E-state index is 1.01. The van der Waals surface area contributed by atoms with E-state index >= 15 is 0 Å². The first-order chi connectivity index (χ1) is 12.3. The van der Waals surface area contributed by atoms with E-state index in [2.05, 4.69) is 79.7 Å². The van der Waals surface area contributed by atoms with Crippen LogP contribution in [0.5, 0.6) is 0 Å². The van der Waals surface area contributed by atoms with Crippen molar-refractivity contribution in [1.82, 2.24) is 4.98 Å². The summed E-state index contributed by atoms with van der Waals surface area (Å²) in [6.07, 6.45) is 0. The Kier molecular flexibility index (Phi) is 4.14. The van der Waals surface area contributed by atoms with E-state index in [1.165, 1.54) is 16.7 Å². The third-order valence-electron chi connectivity index (χ3n) is 4.33. The normalized spacial score (nSPS) is 10.6. The van der Waals surface area contributed by atoms with Crippen LogP contribution in [-0.2, 0) is 0 Å². The zero-order valence-electron chi connectivity index (χ0n) is 14.2. The third-order valence-corrected chi connectivity index (χ3v) is 4.33. The van der Waals surface area contributed by atoms with Crippen molar-refractivity contribution in [3.05, 3.63) is 103 Å². The zero-order valence-corrected chi connectivity index (χ0v) is 14.2. The molecule has 1 aromatic heterocycles. The second kappa shape index (κ2) is 6.74. The molecule has 0 aliphatic rings. The highest BCUT2D eigenvalue weighted by Gasteiger charge is 2.06. The van der Waals surface area contributed by atoms with E-state index in [1.54, 1.807) is 0 Å². The highest BCUT2D eigenvalue weighted by atomic mass is 14.7. The van der Waals surface area contributed by atoms with Crippen LogP contribution in [-0.4, -0.2) is 4.98 Å². The SMILES string of the molecule is Cc1cc(-c2ccccc2)nc(-c2ccc(-c3ccccc3)cc2)c1. The maximum atomic E-state index is 4.88. The number of aromatic nitrogens is 1. The highest BCUT2D eigenvalue weighted by molar-refractivity contribution is 5.71. The van der Waals surface area contributed by atoms with Gasteiger partial charge in [0.05, 0.1) is 11.4 Å². The van der Waals surface area contributed by atoms with Crippen LogP contribution < -0.4 is 0 Å². The molecule has 0 spiro atoms. The van der Waals surface area contributed by atoms with Crippen LogP contribution in [0, 0.1) is 6.92 Å². The Morgan fingerprint density at radius 1 is 0.480 bits per heavy atom. The van der Waals surface area contributed by atoms with Crippen LogP contribution in [0.2, 0.25) is 0 Å². The van der Waals surface area contributed by atoms with Crippen LogP contribution in [0.3, 0.4) is 0 Å². The van der Waals surface area contributed by atoms with E-state index < -0.39 is 0 Å². The first-order valence-electron chi connectivity index (χ1n) is 8.49. The molecule has 3 aromatic carbocycles. The highest BCUT2D eigenvalue weighted by Crippen LogP contribution is 2.27. The van der Waals surface area contributed by atoms with Gasteiger partial charge in [-0.05, 0) is 35.7 Å². The summed E-state index contributed by atoms with van der Waals surface area (Å²) in [7, 11) is 0. The predicted molar refractivity (Wildman–Crippen MR) is 105 cm³/mol. The summed E-state index contributed by atoms with van der Waals surface area (Å²) in [5.41, 5.74) is 7.99. The molecule has 0 radical (unpaired) electrons. The van der Waals surface area contributed by atoms with Crippen LogP contribution in [0.4, 0.5) is 0 Å². The Labute approximate surface area is 148 Å². The summed E-state index contributed by atoms with van der Waals surface area (Å²) in [6, 6.07) is 33.7. The van der Waals surface area contributed by atoms with Crippen LogP contribution >= 0.6 is 0 Å². The monoisotopic (exact) mass is 321 g/mol. The third kappa shape index (κ3) is 3.36. The Morgan fingerprint density at radius 2 is 0.880 bits per heavy atom. The number of rotatable bonds is 3. The standard InChI is InChI=1S/C24H19N/c1-18-16-23(21-10-6-3-7-11-21)25-24(17-18)22-14-12-20(13-15-22)19-8-4-2-5-9-19/h2-17H,1H3. The lowest BCUT2D eigenvalue weighted by molar-refractivity contribution is 1.29. The van der Waals surface area contributed by atoms with Crippen molar-refractivity contribution in [2.75, 3.05) is 0 Å². The number of pyridine rings is 1. The van der Waals surface area contributed by atoms with E-state index in [9.17, 15) is 0 Å². The van der Waals surface area contributed by atoms with E-state index in [0.29, 0.717) is 0 Å². The number of hydrogen-bond donors (Lipinski definition) is 0. The number of nitrogens with zero attached hydrogens (tertiary/aromatic N) is 1. The van der Waals surface area contributed by atoms with E-state index in [-0.39, 0.29) is 0 Å². The Bertz CT molecular complexity index is 971. The van der Waals surface area contributed by atoms with Crippen molar-refractivity contribution >= 4 is 0 Å². The topological polar surface area (TPSA) is 12.9 Å². The molecule has 0 fully saturated rings. The maximum absolute atomic E-state index is 4.88. The molecule has 0 saturated heterocycles. The number of hydrogen-bond acceptors (Lipinski definition) is 1. The van der Waals surface area contributed by atoms with Crippen molar-refractivity contribution in [1.29, 1.82) is 0 Å². The van der Waals surface area contributed by atoms with Gasteiger partial charge in [-0.25, -0.2) is 4.98 Å². The van der Waals surface area contributed by atoms with Crippen LogP contribution in [0.25, 0.3) is 33.6 Å². The minimum absolute atomic E-state index is 1.01. The van der Waals surface area contributed by atoms with Gasteiger partial charge in [-0.2, -0.15) is 0 Å². The Balaban J connectivity index is 1.71. The fourth-order valence-electron chi connectivity index (χ4n) is 3.04. The molecule has 0 bridgehead atoms. The second-order valence-electron chi connectivity index (χ2n) is 6.22. The molecule has 4 rings (SSSR count). The smallest absolute Gasteiger partial charge is 0.0712 e. The molecule has 120 valence electrons. The fraction of sp³-hybridized carbons (Fsp3) is 0.0417. The summed E-state index contributed by atoms with van der Waals surface area (Å²) in [5.74, 6) is 0. The summed E-state index contributed by atoms with van der Waals surface area (Å²) in [4.78, 5) is 4.88. The first-order valence-corrected chi connectivity index (χ1v) is 8.49. The van der Waals surface area contributed by atoms with Crippen molar-refractivity contribution in [2.24, 2.45) is 0 Å². The average Bonchev–Trinajstić information content (AvgIpc) is 2.69. The van der Waals surface area contributed by atoms with Crippen LogP contribution in [0.1, 0.15) is 5.56 Å². The van der Waals surface area contributed by atoms with Gasteiger partial charge in [-0.3, -0.25) is 0 Å². The van der Waals surface area contributed by atoms with Gasteiger partial charge in [0, 0.05) is 11.1 Å². The summed E-state index contributed by atoms with van der Waals surface area (Å²) < 4.78 is 0. The first kappa shape index (κ1) is 15.3.